The van der Waals surface area contributed by atoms with E-state index in [0.717, 1.165) is 0 Å². The summed E-state index contributed by atoms with van der Waals surface area (Å²) in [7, 11) is -0.939. The van der Waals surface area contributed by atoms with Crippen LogP contribution in [0.25, 0.3) is 17.2 Å². The summed E-state index contributed by atoms with van der Waals surface area (Å²) in [6, 6.07) is 16.3. The van der Waals surface area contributed by atoms with Gasteiger partial charge in [-0.3, -0.25) is 0 Å². The van der Waals surface area contributed by atoms with Crippen LogP contribution >= 0.6 is 0 Å². The van der Waals surface area contributed by atoms with E-state index in [1.54, 1.807) is 11.1 Å². The van der Waals surface area contributed by atoms with Crippen LogP contribution in [0.2, 0.25) is 13.1 Å². The van der Waals surface area contributed by atoms with Crippen LogP contribution in [-0.2, 0) is 32.6 Å². The first-order valence-electron chi connectivity index (χ1n) is 12.0. The van der Waals surface area contributed by atoms with Crippen LogP contribution in [0.3, 0.4) is 0 Å². The molecule has 1 aliphatic carbocycles. The van der Waals surface area contributed by atoms with E-state index < -0.39 is 32.7 Å². The van der Waals surface area contributed by atoms with Crippen molar-refractivity contribution in [3.63, 3.8) is 0 Å². The SMILES string of the molecule is CCCCCCc1ccc(-c2cccc3c2C=C(CCCC)[CH]3[Zr+2][O][SiH](C)C)cc1.[Cl-].[Cl-]. The van der Waals surface area contributed by atoms with Gasteiger partial charge in [-0.25, -0.2) is 0 Å². The molecule has 1 atom stereocenters. The van der Waals surface area contributed by atoms with Crippen molar-refractivity contribution in [2.75, 3.05) is 0 Å². The minimum atomic E-state index is -0.939. The van der Waals surface area contributed by atoms with Crippen molar-refractivity contribution in [1.82, 2.24) is 0 Å². The van der Waals surface area contributed by atoms with Crippen LogP contribution in [0.5, 0.6) is 0 Å². The van der Waals surface area contributed by atoms with Gasteiger partial charge < -0.3 is 24.8 Å². The van der Waals surface area contributed by atoms with Gasteiger partial charge in [-0.05, 0) is 0 Å². The quantitative estimate of drug-likeness (QED) is 0.282. The molecule has 0 amide bonds. The molecule has 2 aromatic rings. The van der Waals surface area contributed by atoms with Gasteiger partial charge in [0.1, 0.15) is 0 Å². The zero-order valence-corrected chi connectivity index (χ0v) is 25.2. The molecule has 3 rings (SSSR count). The second-order valence-electron chi connectivity index (χ2n) is 8.86. The summed E-state index contributed by atoms with van der Waals surface area (Å²) < 4.78 is 6.99. The van der Waals surface area contributed by atoms with Gasteiger partial charge in [0.25, 0.3) is 0 Å². The Morgan fingerprint density at radius 2 is 1.56 bits per heavy atom. The summed E-state index contributed by atoms with van der Waals surface area (Å²) in [5, 5.41) is 0. The molecule has 32 heavy (non-hydrogen) atoms. The number of hydrogen-bond donors (Lipinski definition) is 0. The van der Waals surface area contributed by atoms with E-state index >= 15 is 0 Å². The fourth-order valence-electron chi connectivity index (χ4n) is 4.26. The number of rotatable bonds is 12. The number of hydrogen-bond acceptors (Lipinski definition) is 1. The maximum absolute atomic E-state index is 6.38. The molecule has 0 aromatic heterocycles. The average molecular weight is 569 g/mol. The Morgan fingerprint density at radius 3 is 2.22 bits per heavy atom. The number of unbranched alkanes of at least 4 members (excludes halogenated alkanes) is 4. The van der Waals surface area contributed by atoms with Gasteiger partial charge in [-0.15, -0.1) is 0 Å². The molecule has 0 saturated carbocycles. The van der Waals surface area contributed by atoms with Crippen molar-refractivity contribution < 1.29 is 51.0 Å². The number of halogens is 2. The monoisotopic (exact) mass is 566 g/mol. The zero-order valence-electron chi connectivity index (χ0n) is 20.1. The molecule has 0 N–H and O–H groups in total. The molecule has 1 nitrogen and oxygen atoms in total. The van der Waals surface area contributed by atoms with Gasteiger partial charge in [0, 0.05) is 0 Å². The minimum absolute atomic E-state index is 0. The molecular weight excluding hydrogens is 531 g/mol. The first-order chi connectivity index (χ1) is 14.6. The van der Waals surface area contributed by atoms with Gasteiger partial charge in [-0.1, -0.05) is 13.3 Å². The maximum atomic E-state index is 6.38. The van der Waals surface area contributed by atoms with Crippen LogP contribution in [0, 0.1) is 0 Å². The molecular formula is C27H38Cl2OSiZr. The first-order valence-corrected chi connectivity index (χ1v) is 17.2. The van der Waals surface area contributed by atoms with E-state index in [2.05, 4.69) is 75.5 Å². The van der Waals surface area contributed by atoms with Crippen LogP contribution in [0.4, 0.5) is 0 Å². The zero-order chi connectivity index (χ0) is 21.3. The summed E-state index contributed by atoms with van der Waals surface area (Å²) >= 11 is -0.885. The van der Waals surface area contributed by atoms with Crippen molar-refractivity contribution in [2.45, 2.75) is 81.9 Å². The van der Waals surface area contributed by atoms with Gasteiger partial charge >= 0.3 is 186 Å². The third-order valence-electron chi connectivity index (χ3n) is 5.98. The molecule has 0 heterocycles. The molecule has 5 heteroatoms. The van der Waals surface area contributed by atoms with Crippen molar-refractivity contribution >= 4 is 15.1 Å². The molecule has 2 aromatic carbocycles. The normalized spacial score (nSPS) is 14.3. The van der Waals surface area contributed by atoms with Gasteiger partial charge in [-0.2, -0.15) is 0 Å². The molecule has 1 aliphatic rings. The van der Waals surface area contributed by atoms with E-state index in [1.807, 2.05) is 0 Å². The Morgan fingerprint density at radius 1 is 0.844 bits per heavy atom. The van der Waals surface area contributed by atoms with Crippen LogP contribution in [-0.4, -0.2) is 9.04 Å². The molecule has 0 aliphatic heterocycles. The van der Waals surface area contributed by atoms with Crippen molar-refractivity contribution in [2.24, 2.45) is 0 Å². The van der Waals surface area contributed by atoms with Gasteiger partial charge in [0.2, 0.25) is 0 Å². The third-order valence-corrected chi connectivity index (χ3v) is 13.3. The molecule has 1 unspecified atom stereocenters. The fourth-order valence-corrected chi connectivity index (χ4v) is 9.54. The number of benzene rings is 2. The van der Waals surface area contributed by atoms with Crippen LogP contribution in [0.1, 0.15) is 79.1 Å². The van der Waals surface area contributed by atoms with E-state index in [1.165, 1.54) is 73.6 Å². The number of fused-ring (bicyclic) bond motifs is 1. The van der Waals surface area contributed by atoms with E-state index in [9.17, 15) is 0 Å². The van der Waals surface area contributed by atoms with Crippen molar-refractivity contribution in [1.29, 1.82) is 0 Å². The predicted molar refractivity (Wildman–Crippen MR) is 130 cm³/mol. The van der Waals surface area contributed by atoms with Crippen molar-refractivity contribution in [3.8, 4) is 11.1 Å². The second-order valence-corrected chi connectivity index (χ2v) is 14.9. The molecule has 0 spiro atoms. The molecule has 0 bridgehead atoms. The Bertz CT molecular complexity index is 836. The summed E-state index contributed by atoms with van der Waals surface area (Å²) in [5.74, 6) is 0. The third kappa shape index (κ3) is 8.24. The predicted octanol–water partition coefficient (Wildman–Crippen LogP) is 2.11. The standard InChI is InChI=1S/C25H31.C2H7OSi.2ClH.Zr/c1-3-5-7-8-11-20-14-16-22(17-15-20)24-13-9-12-23-18-21(10-6-4-2)19-25(23)24;1-4(2)3;;;/h9,12-19H,3-8,10-11H2,1-2H3;4H,1-2H3;2*1H;/q;-1;;;+3/p-2. The molecule has 0 fully saturated rings. The van der Waals surface area contributed by atoms with E-state index in [0.29, 0.717) is 3.63 Å². The van der Waals surface area contributed by atoms with E-state index in [-0.39, 0.29) is 24.8 Å². The topological polar surface area (TPSA) is 9.23 Å². The van der Waals surface area contributed by atoms with Crippen LogP contribution in [0.15, 0.2) is 48.0 Å². The van der Waals surface area contributed by atoms with Crippen LogP contribution < -0.4 is 24.8 Å². The number of allylic oxidation sites excluding steroid dienone is 1. The molecule has 0 radical (unpaired) electrons. The Labute approximate surface area is 222 Å². The summed E-state index contributed by atoms with van der Waals surface area (Å²) in [4.78, 5) is 0. The summed E-state index contributed by atoms with van der Waals surface area (Å²) in [5.41, 5.74) is 8.91. The fraction of sp³-hybridized carbons (Fsp3) is 0.481. The summed E-state index contributed by atoms with van der Waals surface area (Å²) in [6.45, 7) is 9.20. The van der Waals surface area contributed by atoms with E-state index in [4.69, 9.17) is 2.50 Å². The Kier molecular flexibility index (Phi) is 14.6. The second kappa shape index (κ2) is 15.7. The molecule has 174 valence electrons. The maximum Gasteiger partial charge on any atom is -1.00 e. The summed E-state index contributed by atoms with van der Waals surface area (Å²) in [6.07, 6.45) is 12.8. The minimum Gasteiger partial charge on any atom is -1.00 e. The smallest absolute Gasteiger partial charge is 1.00 e. The van der Waals surface area contributed by atoms with Gasteiger partial charge in [0.05, 0.1) is 0 Å². The Hall–Kier alpha value is -0.180. The average Bonchev–Trinajstić information content (AvgIpc) is 3.11. The largest absolute Gasteiger partial charge is 1.00 e. The molecule has 0 saturated heterocycles. The van der Waals surface area contributed by atoms with Crippen molar-refractivity contribution in [3.05, 3.63) is 64.7 Å². The first kappa shape index (κ1) is 29.9. The Balaban J connectivity index is 0.00000256. The van der Waals surface area contributed by atoms with Gasteiger partial charge in [0.15, 0.2) is 0 Å². The number of aryl methyl sites for hydroxylation is 1.